The highest BCUT2D eigenvalue weighted by Gasteiger charge is 2.46. The first-order valence-electron chi connectivity index (χ1n) is 6.34. The Kier molecular flexibility index (Phi) is 4.36. The van der Waals surface area contributed by atoms with E-state index in [4.69, 9.17) is 5.73 Å². The van der Waals surface area contributed by atoms with Crippen LogP contribution in [0.3, 0.4) is 0 Å². The van der Waals surface area contributed by atoms with Crippen LogP contribution in [-0.2, 0) is 16.0 Å². The molecule has 3 atom stereocenters. The predicted molar refractivity (Wildman–Crippen MR) is 71.2 cm³/mol. The van der Waals surface area contributed by atoms with E-state index in [-0.39, 0.29) is 6.54 Å². The molecule has 1 aromatic carbocycles. The van der Waals surface area contributed by atoms with Crippen molar-refractivity contribution >= 4 is 11.8 Å². The normalized spacial score (nSPS) is 23.0. The van der Waals surface area contributed by atoms with Gasteiger partial charge in [0.15, 0.2) is 0 Å². The molecule has 2 amide bonds. The van der Waals surface area contributed by atoms with Gasteiger partial charge in [0.1, 0.15) is 18.2 Å². The minimum atomic E-state index is -1.32. The second kappa shape index (κ2) is 6.02. The first-order chi connectivity index (χ1) is 9.50. The van der Waals surface area contributed by atoms with Crippen LogP contribution in [0, 0.1) is 6.42 Å². The van der Waals surface area contributed by atoms with E-state index in [1.54, 1.807) is 0 Å². The largest absolute Gasteiger partial charge is 0.389 e. The van der Waals surface area contributed by atoms with E-state index in [1.807, 2.05) is 30.3 Å². The monoisotopic (exact) mass is 277 g/mol. The Morgan fingerprint density at radius 3 is 2.60 bits per heavy atom. The number of β-amino-alcohol motifs (C(OH)–C–C–N with tert-alkyl or cyclic N) is 1. The topological polar surface area (TPSA) is 104 Å². The Hall–Kier alpha value is -1.92. The van der Waals surface area contributed by atoms with Crippen molar-refractivity contribution in [1.82, 2.24) is 4.90 Å². The van der Waals surface area contributed by atoms with Crippen molar-refractivity contribution in [3.05, 3.63) is 42.3 Å². The smallest absolute Gasteiger partial charge is 0.252 e. The number of hydrogen-bond acceptors (Lipinski definition) is 4. The number of aliphatic hydroxyl groups is 2. The van der Waals surface area contributed by atoms with Gasteiger partial charge in [0.25, 0.3) is 5.91 Å². The lowest BCUT2D eigenvalue weighted by molar-refractivity contribution is -0.164. The fourth-order valence-corrected chi connectivity index (χ4v) is 2.19. The molecule has 6 heteroatoms. The molecular weight excluding hydrogens is 260 g/mol. The Balaban J connectivity index is 1.88. The summed E-state index contributed by atoms with van der Waals surface area (Å²) in [4.78, 5) is 24.1. The summed E-state index contributed by atoms with van der Waals surface area (Å²) in [5.41, 5.74) is 6.06. The number of amides is 2. The van der Waals surface area contributed by atoms with Crippen molar-refractivity contribution in [3.8, 4) is 0 Å². The lowest BCUT2D eigenvalue weighted by Gasteiger charge is -2.43. The summed E-state index contributed by atoms with van der Waals surface area (Å²) in [7, 11) is 0. The van der Waals surface area contributed by atoms with Crippen molar-refractivity contribution in [1.29, 1.82) is 0 Å². The van der Waals surface area contributed by atoms with E-state index in [2.05, 4.69) is 0 Å². The Bertz CT molecular complexity index is 491. The Labute approximate surface area is 116 Å². The van der Waals surface area contributed by atoms with Crippen LogP contribution < -0.4 is 5.73 Å². The molecule has 0 bridgehead atoms. The molecule has 1 heterocycles. The minimum Gasteiger partial charge on any atom is -0.389 e. The average molecular weight is 277 g/mol. The van der Waals surface area contributed by atoms with Crippen LogP contribution in [0.15, 0.2) is 30.3 Å². The highest BCUT2D eigenvalue weighted by molar-refractivity contribution is 5.91. The van der Waals surface area contributed by atoms with Crippen LogP contribution in [0.25, 0.3) is 0 Å². The van der Waals surface area contributed by atoms with Gasteiger partial charge in [-0.25, -0.2) is 0 Å². The van der Waals surface area contributed by atoms with Crippen molar-refractivity contribution in [2.75, 3.05) is 6.54 Å². The summed E-state index contributed by atoms with van der Waals surface area (Å²) < 4.78 is 0. The second-order valence-corrected chi connectivity index (χ2v) is 4.78. The van der Waals surface area contributed by atoms with Gasteiger partial charge in [0.05, 0.1) is 6.54 Å². The van der Waals surface area contributed by atoms with Gasteiger partial charge >= 0.3 is 0 Å². The van der Waals surface area contributed by atoms with Crippen molar-refractivity contribution in [3.63, 3.8) is 0 Å². The molecule has 1 fully saturated rings. The van der Waals surface area contributed by atoms with Crippen molar-refractivity contribution in [2.24, 2.45) is 5.73 Å². The molecular formula is C14H17N2O4. The van der Waals surface area contributed by atoms with E-state index in [0.717, 1.165) is 10.5 Å². The summed E-state index contributed by atoms with van der Waals surface area (Å²) in [5, 5.41) is 19.2. The number of aliphatic hydroxyl groups excluding tert-OH is 2. The molecule has 4 N–H and O–H groups in total. The van der Waals surface area contributed by atoms with Crippen LogP contribution in [-0.4, -0.2) is 51.7 Å². The molecule has 107 valence electrons. The van der Waals surface area contributed by atoms with Crippen molar-refractivity contribution < 1.29 is 19.8 Å². The molecule has 1 aromatic rings. The third kappa shape index (κ3) is 2.97. The number of rotatable bonds is 5. The molecule has 2 rings (SSSR count). The molecule has 20 heavy (non-hydrogen) atoms. The van der Waals surface area contributed by atoms with E-state index in [0.29, 0.717) is 6.42 Å². The average Bonchev–Trinajstić information content (AvgIpc) is 2.41. The first-order valence-corrected chi connectivity index (χ1v) is 6.34. The highest BCUT2D eigenvalue weighted by atomic mass is 16.3. The number of primary amides is 1. The summed E-state index contributed by atoms with van der Waals surface area (Å²) in [5.74, 6) is -1.39. The number of hydrogen-bond donors (Lipinski definition) is 3. The maximum Gasteiger partial charge on any atom is 0.252 e. The third-order valence-corrected chi connectivity index (χ3v) is 3.33. The van der Waals surface area contributed by atoms with E-state index in [9.17, 15) is 19.8 Å². The standard InChI is InChI=1S/C14H17N2O4/c15-13(19)12-11(18)8-16(12)14(20)10(17)7-6-9-4-2-1-3-5-9/h1-5,7,10-12,17-18H,6,8H2,(H2,15,19)/t10-,11?,12?/m1/s1. The van der Waals surface area contributed by atoms with Gasteiger partial charge in [-0.1, -0.05) is 30.3 Å². The van der Waals surface area contributed by atoms with Gasteiger partial charge in [-0.15, -0.1) is 0 Å². The van der Waals surface area contributed by atoms with E-state index >= 15 is 0 Å². The summed E-state index contributed by atoms with van der Waals surface area (Å²) in [6, 6.07) is 8.34. The molecule has 0 spiro atoms. The number of nitrogens with two attached hydrogens (primary N) is 1. The van der Waals surface area contributed by atoms with E-state index in [1.165, 1.54) is 6.42 Å². The fourth-order valence-electron chi connectivity index (χ4n) is 2.19. The molecule has 1 radical (unpaired) electrons. The van der Waals surface area contributed by atoms with Gasteiger partial charge in [0.2, 0.25) is 5.91 Å². The molecule has 1 saturated heterocycles. The zero-order valence-corrected chi connectivity index (χ0v) is 10.8. The summed E-state index contributed by atoms with van der Waals surface area (Å²) in [6.45, 7) is 0.0165. The van der Waals surface area contributed by atoms with Gasteiger partial charge in [-0.05, 0) is 12.0 Å². The van der Waals surface area contributed by atoms with Gasteiger partial charge in [0, 0.05) is 6.42 Å². The first kappa shape index (κ1) is 14.5. The Morgan fingerprint density at radius 2 is 2.05 bits per heavy atom. The van der Waals surface area contributed by atoms with Crippen LogP contribution in [0.5, 0.6) is 0 Å². The fraction of sp³-hybridized carbons (Fsp3) is 0.357. The molecule has 0 aliphatic carbocycles. The highest BCUT2D eigenvalue weighted by Crippen LogP contribution is 2.20. The number of benzene rings is 1. The van der Waals surface area contributed by atoms with E-state index < -0.39 is 30.1 Å². The second-order valence-electron chi connectivity index (χ2n) is 4.78. The molecule has 1 aliphatic heterocycles. The molecule has 0 aromatic heterocycles. The third-order valence-electron chi connectivity index (χ3n) is 3.33. The SMILES string of the molecule is NC(=O)C1C(O)CN1C(=O)[C@H](O)[CH]Cc1ccccc1. The number of nitrogens with zero attached hydrogens (tertiary/aromatic N) is 1. The van der Waals surface area contributed by atoms with Crippen LogP contribution in [0.1, 0.15) is 5.56 Å². The maximum atomic E-state index is 11.9. The number of carbonyl (C=O) groups is 2. The quantitative estimate of drug-likeness (QED) is 0.632. The predicted octanol–water partition coefficient (Wildman–Crippen LogP) is -1.15. The van der Waals surface area contributed by atoms with Gasteiger partial charge < -0.3 is 20.8 Å². The number of likely N-dealkylation sites (tertiary alicyclic amines) is 1. The summed E-state index contributed by atoms with van der Waals surface area (Å²) >= 11 is 0. The Morgan fingerprint density at radius 1 is 1.40 bits per heavy atom. The zero-order valence-electron chi connectivity index (χ0n) is 10.8. The van der Waals surface area contributed by atoms with Crippen LogP contribution in [0.4, 0.5) is 0 Å². The van der Waals surface area contributed by atoms with Crippen LogP contribution in [0.2, 0.25) is 0 Å². The molecule has 6 nitrogen and oxygen atoms in total. The molecule has 1 aliphatic rings. The number of carbonyl (C=O) groups excluding carboxylic acids is 2. The van der Waals surface area contributed by atoms with Crippen LogP contribution >= 0.6 is 0 Å². The summed E-state index contributed by atoms with van der Waals surface area (Å²) in [6.07, 6.45) is -0.367. The zero-order chi connectivity index (χ0) is 14.7. The molecule has 2 unspecified atom stereocenters. The lowest BCUT2D eigenvalue weighted by atomic mass is 9.96. The van der Waals surface area contributed by atoms with Gasteiger partial charge in [-0.2, -0.15) is 0 Å². The van der Waals surface area contributed by atoms with Crippen molar-refractivity contribution in [2.45, 2.75) is 24.7 Å². The molecule has 0 saturated carbocycles. The lowest BCUT2D eigenvalue weighted by Crippen LogP contribution is -2.68. The maximum absolute atomic E-state index is 11.9. The minimum absolute atomic E-state index is 0.0165. The van der Waals surface area contributed by atoms with Gasteiger partial charge in [-0.3, -0.25) is 9.59 Å².